The Morgan fingerprint density at radius 3 is 2.73 bits per heavy atom. The Kier molecular flexibility index (Phi) is 4.24. The Morgan fingerprint density at radius 2 is 2.00 bits per heavy atom. The number of ether oxygens (including phenoxy) is 1. The van der Waals surface area contributed by atoms with E-state index in [4.69, 9.17) is 4.74 Å². The minimum absolute atomic E-state index is 0.838. The van der Waals surface area contributed by atoms with Crippen LogP contribution in [0.3, 0.4) is 0 Å². The molecule has 0 aliphatic rings. The predicted octanol–water partition coefficient (Wildman–Crippen LogP) is 3.93. The molecule has 1 heterocycles. The number of methoxy groups -OCH3 is 1. The summed E-state index contributed by atoms with van der Waals surface area (Å²) in [6.45, 7) is 0. The van der Waals surface area contributed by atoms with Gasteiger partial charge in [-0.05, 0) is 35.9 Å². The summed E-state index contributed by atoms with van der Waals surface area (Å²) in [7, 11) is 5.80. The summed E-state index contributed by atoms with van der Waals surface area (Å²) in [5.74, 6) is 1.72. The Morgan fingerprint density at radius 1 is 1.18 bits per heavy atom. The normalized spacial score (nSPS) is 10.9. The van der Waals surface area contributed by atoms with Gasteiger partial charge in [0.2, 0.25) is 0 Å². The van der Waals surface area contributed by atoms with E-state index in [0.29, 0.717) is 0 Å². The summed E-state index contributed by atoms with van der Waals surface area (Å²) in [6.07, 6.45) is 0. The van der Waals surface area contributed by atoms with Gasteiger partial charge in [0.25, 0.3) is 0 Å². The summed E-state index contributed by atoms with van der Waals surface area (Å²) in [5.41, 5.74) is 4.51. The average molecular weight is 313 g/mol. The first-order chi connectivity index (χ1) is 10.7. The molecule has 1 aromatic heterocycles. The summed E-state index contributed by atoms with van der Waals surface area (Å²) in [6, 6.07) is 14.3. The molecule has 0 radical (unpaired) electrons. The van der Waals surface area contributed by atoms with Crippen LogP contribution in [-0.2, 0) is 5.75 Å². The fourth-order valence-corrected chi connectivity index (χ4v) is 3.25. The fourth-order valence-electron chi connectivity index (χ4n) is 2.38. The van der Waals surface area contributed by atoms with E-state index in [9.17, 15) is 0 Å². The van der Waals surface area contributed by atoms with E-state index in [-0.39, 0.29) is 0 Å². The molecule has 4 nitrogen and oxygen atoms in total. The first-order valence-electron chi connectivity index (χ1n) is 7.09. The minimum Gasteiger partial charge on any atom is -0.497 e. The van der Waals surface area contributed by atoms with Crippen molar-refractivity contribution in [2.75, 3.05) is 26.1 Å². The van der Waals surface area contributed by atoms with Crippen LogP contribution >= 0.6 is 11.8 Å². The molecule has 1 N–H and O–H groups in total. The van der Waals surface area contributed by atoms with E-state index in [1.807, 2.05) is 30.3 Å². The number of H-pyrrole nitrogens is 1. The van der Waals surface area contributed by atoms with Crippen LogP contribution in [0.15, 0.2) is 47.6 Å². The minimum atomic E-state index is 0.838. The number of imidazole rings is 1. The van der Waals surface area contributed by atoms with Gasteiger partial charge in [-0.25, -0.2) is 4.98 Å². The largest absolute Gasteiger partial charge is 0.497 e. The molecular weight excluding hydrogens is 294 g/mol. The molecule has 2 aromatic carbocycles. The van der Waals surface area contributed by atoms with E-state index in [2.05, 4.69) is 41.1 Å². The highest BCUT2D eigenvalue weighted by molar-refractivity contribution is 7.98. The molecule has 0 fully saturated rings. The van der Waals surface area contributed by atoms with Gasteiger partial charge in [0.15, 0.2) is 5.16 Å². The van der Waals surface area contributed by atoms with Crippen LogP contribution in [0.2, 0.25) is 0 Å². The Labute approximate surface area is 134 Å². The Hall–Kier alpha value is -2.14. The maximum atomic E-state index is 5.34. The maximum absolute atomic E-state index is 5.34. The smallest absolute Gasteiger partial charge is 0.166 e. The Balaban J connectivity index is 1.83. The number of aromatic nitrogens is 2. The zero-order valence-electron chi connectivity index (χ0n) is 13.0. The molecule has 0 unspecified atom stereocenters. The van der Waals surface area contributed by atoms with E-state index >= 15 is 0 Å². The average Bonchev–Trinajstić information content (AvgIpc) is 2.95. The molecule has 3 rings (SSSR count). The molecule has 0 aliphatic carbocycles. The van der Waals surface area contributed by atoms with Crippen molar-refractivity contribution in [2.24, 2.45) is 0 Å². The van der Waals surface area contributed by atoms with Gasteiger partial charge < -0.3 is 14.6 Å². The highest BCUT2D eigenvalue weighted by Gasteiger charge is 2.09. The van der Waals surface area contributed by atoms with Crippen molar-refractivity contribution < 1.29 is 4.74 Å². The van der Waals surface area contributed by atoms with Crippen molar-refractivity contribution in [3.63, 3.8) is 0 Å². The van der Waals surface area contributed by atoms with Gasteiger partial charge in [0.05, 0.1) is 18.1 Å². The first-order valence-corrected chi connectivity index (χ1v) is 8.07. The van der Waals surface area contributed by atoms with Crippen LogP contribution in [0, 0.1) is 0 Å². The van der Waals surface area contributed by atoms with Gasteiger partial charge in [0, 0.05) is 25.5 Å². The third kappa shape index (κ3) is 3.04. The zero-order chi connectivity index (χ0) is 15.5. The number of para-hydroxylation sites is 2. The number of aromatic amines is 1. The van der Waals surface area contributed by atoms with Gasteiger partial charge in [-0.2, -0.15) is 0 Å². The second-order valence-electron chi connectivity index (χ2n) is 5.24. The first kappa shape index (κ1) is 14.8. The number of thioether (sulfide) groups is 1. The third-order valence-corrected chi connectivity index (χ3v) is 4.42. The molecule has 0 spiro atoms. The quantitative estimate of drug-likeness (QED) is 0.725. The van der Waals surface area contributed by atoms with Crippen molar-refractivity contribution in [1.82, 2.24) is 9.97 Å². The molecule has 3 aromatic rings. The van der Waals surface area contributed by atoms with Gasteiger partial charge in [-0.15, -0.1) is 0 Å². The van der Waals surface area contributed by atoms with Crippen LogP contribution < -0.4 is 9.64 Å². The lowest BCUT2D eigenvalue weighted by atomic mass is 10.2. The monoisotopic (exact) mass is 313 g/mol. The molecule has 0 atom stereocenters. The Bertz CT molecular complexity index is 749. The summed E-state index contributed by atoms with van der Waals surface area (Å²) >= 11 is 1.70. The topological polar surface area (TPSA) is 41.1 Å². The number of nitrogens with zero attached hydrogens (tertiary/aromatic N) is 2. The molecule has 114 valence electrons. The van der Waals surface area contributed by atoms with Crippen LogP contribution in [0.5, 0.6) is 5.75 Å². The molecule has 0 bridgehead atoms. The number of fused-ring (bicyclic) bond motifs is 1. The molecule has 0 amide bonds. The lowest BCUT2D eigenvalue weighted by molar-refractivity contribution is 0.414. The van der Waals surface area contributed by atoms with Crippen LogP contribution in [0.4, 0.5) is 5.69 Å². The SMILES string of the molecule is COc1ccc(N(C)C)c(CSc2nc3ccccc3[nH]2)c1. The molecule has 5 heteroatoms. The summed E-state index contributed by atoms with van der Waals surface area (Å²) in [5, 5.41) is 0.939. The van der Waals surface area contributed by atoms with Crippen molar-refractivity contribution in [3.8, 4) is 5.75 Å². The van der Waals surface area contributed by atoms with Crippen molar-refractivity contribution in [1.29, 1.82) is 0 Å². The fraction of sp³-hybridized carbons (Fsp3) is 0.235. The lowest BCUT2D eigenvalue weighted by Gasteiger charge is -2.18. The van der Waals surface area contributed by atoms with Gasteiger partial charge in [-0.3, -0.25) is 0 Å². The zero-order valence-corrected chi connectivity index (χ0v) is 13.8. The molecule has 0 saturated heterocycles. The molecule has 22 heavy (non-hydrogen) atoms. The van der Waals surface area contributed by atoms with Crippen molar-refractivity contribution in [2.45, 2.75) is 10.9 Å². The number of nitrogens with one attached hydrogen (secondary N) is 1. The molecule has 0 aliphatic heterocycles. The number of anilines is 1. The van der Waals surface area contributed by atoms with E-state index < -0.39 is 0 Å². The molecular formula is C17H19N3OS. The summed E-state index contributed by atoms with van der Waals surface area (Å²) < 4.78 is 5.34. The van der Waals surface area contributed by atoms with Gasteiger partial charge in [-0.1, -0.05) is 23.9 Å². The number of benzene rings is 2. The van der Waals surface area contributed by atoms with E-state index in [1.165, 1.54) is 11.3 Å². The van der Waals surface area contributed by atoms with Gasteiger partial charge in [0.1, 0.15) is 5.75 Å². The number of rotatable bonds is 5. The molecule has 0 saturated carbocycles. The van der Waals surface area contributed by atoms with E-state index in [1.54, 1.807) is 18.9 Å². The van der Waals surface area contributed by atoms with Crippen molar-refractivity contribution >= 4 is 28.5 Å². The summed E-state index contributed by atoms with van der Waals surface area (Å²) in [4.78, 5) is 10.1. The predicted molar refractivity (Wildman–Crippen MR) is 93.0 cm³/mol. The second-order valence-corrected chi connectivity index (χ2v) is 6.20. The third-order valence-electron chi connectivity index (χ3n) is 3.50. The van der Waals surface area contributed by atoms with E-state index in [0.717, 1.165) is 27.7 Å². The highest BCUT2D eigenvalue weighted by Crippen LogP contribution is 2.30. The number of hydrogen-bond acceptors (Lipinski definition) is 4. The highest BCUT2D eigenvalue weighted by atomic mass is 32.2. The maximum Gasteiger partial charge on any atom is 0.166 e. The van der Waals surface area contributed by atoms with Crippen LogP contribution in [-0.4, -0.2) is 31.2 Å². The number of hydrogen-bond donors (Lipinski definition) is 1. The standard InChI is InChI=1S/C17H19N3OS/c1-20(2)16-9-8-13(21-3)10-12(16)11-22-17-18-14-6-4-5-7-15(14)19-17/h4-10H,11H2,1-3H3,(H,18,19). The lowest BCUT2D eigenvalue weighted by Crippen LogP contribution is -2.11. The van der Waals surface area contributed by atoms with Crippen molar-refractivity contribution in [3.05, 3.63) is 48.0 Å². The van der Waals surface area contributed by atoms with Gasteiger partial charge >= 0.3 is 0 Å². The second kappa shape index (κ2) is 6.32. The van der Waals surface area contributed by atoms with Crippen LogP contribution in [0.25, 0.3) is 11.0 Å². The van der Waals surface area contributed by atoms with Crippen LogP contribution in [0.1, 0.15) is 5.56 Å².